The molecule has 15 heavy (non-hydrogen) atoms. The first-order valence-electron chi connectivity index (χ1n) is 4.91. The summed E-state index contributed by atoms with van der Waals surface area (Å²) in [6.07, 6.45) is 0. The van der Waals surface area contributed by atoms with Crippen molar-refractivity contribution in [2.45, 2.75) is 20.4 Å². The minimum atomic E-state index is -0.173. The zero-order valence-corrected chi connectivity index (χ0v) is 8.82. The summed E-state index contributed by atoms with van der Waals surface area (Å²) in [6.45, 7) is 4.58. The molecule has 2 N–H and O–H groups in total. The van der Waals surface area contributed by atoms with Gasteiger partial charge in [0.1, 0.15) is 0 Å². The van der Waals surface area contributed by atoms with Gasteiger partial charge in [-0.1, -0.05) is 12.1 Å². The van der Waals surface area contributed by atoms with E-state index in [1.165, 1.54) is 0 Å². The van der Waals surface area contributed by atoms with E-state index in [0.717, 1.165) is 11.1 Å². The summed E-state index contributed by atoms with van der Waals surface area (Å²) in [5.41, 5.74) is 7.20. The van der Waals surface area contributed by atoms with Crippen LogP contribution in [0.1, 0.15) is 12.5 Å². The van der Waals surface area contributed by atoms with Crippen molar-refractivity contribution in [1.29, 1.82) is 0 Å². The van der Waals surface area contributed by atoms with E-state index in [1.54, 1.807) is 4.68 Å². The number of hydrogen-bond acceptors (Lipinski definition) is 3. The second-order valence-corrected chi connectivity index (χ2v) is 3.50. The van der Waals surface area contributed by atoms with Crippen LogP contribution in [-0.4, -0.2) is 9.78 Å². The highest BCUT2D eigenvalue weighted by Crippen LogP contribution is 2.14. The molecular formula is C11H13N3O. The van der Waals surface area contributed by atoms with Crippen LogP contribution in [0.3, 0.4) is 0 Å². The average molecular weight is 203 g/mol. The fourth-order valence-corrected chi connectivity index (χ4v) is 1.76. The van der Waals surface area contributed by atoms with Gasteiger partial charge in [-0.2, -0.15) is 5.10 Å². The lowest BCUT2D eigenvalue weighted by molar-refractivity contribution is 0.673. The monoisotopic (exact) mass is 203 g/mol. The molecule has 2 rings (SSSR count). The molecule has 2 aromatic rings. The number of nitrogen functional groups attached to an aromatic ring is 1. The Labute approximate surface area is 87.3 Å². The molecule has 0 aliphatic heterocycles. The normalized spacial score (nSPS) is 10.8. The van der Waals surface area contributed by atoms with Gasteiger partial charge in [-0.3, -0.25) is 9.48 Å². The van der Waals surface area contributed by atoms with Gasteiger partial charge in [-0.25, -0.2) is 0 Å². The number of anilines is 1. The zero-order valence-electron chi connectivity index (χ0n) is 8.82. The van der Waals surface area contributed by atoms with Crippen LogP contribution in [0.4, 0.5) is 5.82 Å². The second-order valence-electron chi connectivity index (χ2n) is 3.50. The highest BCUT2D eigenvalue weighted by atomic mass is 16.1. The Morgan fingerprint density at radius 1 is 1.47 bits per heavy atom. The highest BCUT2D eigenvalue weighted by Gasteiger charge is 2.08. The molecule has 78 valence electrons. The third kappa shape index (κ3) is 1.38. The van der Waals surface area contributed by atoms with Crippen molar-refractivity contribution in [3.63, 3.8) is 0 Å². The molecule has 0 unspecified atom stereocenters. The zero-order chi connectivity index (χ0) is 11.0. The van der Waals surface area contributed by atoms with Crippen molar-refractivity contribution in [2.24, 2.45) is 0 Å². The Kier molecular flexibility index (Phi) is 2.19. The van der Waals surface area contributed by atoms with Gasteiger partial charge >= 0.3 is 0 Å². The van der Waals surface area contributed by atoms with E-state index >= 15 is 0 Å². The summed E-state index contributed by atoms with van der Waals surface area (Å²) < 4.78 is 1.75. The molecule has 1 aromatic heterocycles. The molecular weight excluding hydrogens is 190 g/mol. The first-order valence-corrected chi connectivity index (χ1v) is 4.91. The Hall–Kier alpha value is -1.84. The summed E-state index contributed by atoms with van der Waals surface area (Å²) in [5.74, 6) is 0.0682. The lowest BCUT2D eigenvalue weighted by Gasteiger charge is -2.09. The lowest BCUT2D eigenvalue weighted by Crippen LogP contribution is -2.18. The molecule has 0 amide bonds. The molecule has 0 aliphatic carbocycles. The van der Waals surface area contributed by atoms with E-state index in [4.69, 9.17) is 5.73 Å². The Bertz CT molecular complexity index is 572. The largest absolute Gasteiger partial charge is 0.379 e. The van der Waals surface area contributed by atoms with Crippen LogP contribution < -0.4 is 11.2 Å². The number of hydrogen-bond donors (Lipinski definition) is 1. The van der Waals surface area contributed by atoms with Crippen LogP contribution in [0, 0.1) is 6.92 Å². The van der Waals surface area contributed by atoms with E-state index in [0.29, 0.717) is 11.9 Å². The highest BCUT2D eigenvalue weighted by molar-refractivity contribution is 5.83. The van der Waals surface area contributed by atoms with E-state index in [1.807, 2.05) is 32.0 Å². The molecule has 1 heterocycles. The van der Waals surface area contributed by atoms with Gasteiger partial charge in [0.05, 0.1) is 10.9 Å². The maximum absolute atomic E-state index is 11.8. The summed E-state index contributed by atoms with van der Waals surface area (Å²) in [7, 11) is 0. The minimum absolute atomic E-state index is 0.0682. The number of rotatable bonds is 1. The average Bonchev–Trinajstić information content (AvgIpc) is 2.23. The fourth-order valence-electron chi connectivity index (χ4n) is 1.76. The molecule has 0 radical (unpaired) electrons. The maximum Gasteiger partial charge on any atom is 0.231 e. The third-order valence-corrected chi connectivity index (χ3v) is 2.52. The molecule has 0 atom stereocenters. The van der Waals surface area contributed by atoms with Gasteiger partial charge in [0, 0.05) is 6.54 Å². The maximum atomic E-state index is 11.8. The Morgan fingerprint density at radius 2 is 2.20 bits per heavy atom. The number of benzene rings is 1. The van der Waals surface area contributed by atoms with E-state index in [-0.39, 0.29) is 11.2 Å². The molecule has 1 aromatic carbocycles. The van der Waals surface area contributed by atoms with Crippen LogP contribution in [0.15, 0.2) is 23.0 Å². The van der Waals surface area contributed by atoms with Crippen molar-refractivity contribution < 1.29 is 0 Å². The van der Waals surface area contributed by atoms with Gasteiger partial charge in [-0.05, 0) is 25.5 Å². The van der Waals surface area contributed by atoms with E-state index < -0.39 is 0 Å². The molecule has 0 fully saturated rings. The summed E-state index contributed by atoms with van der Waals surface area (Å²) in [6, 6.07) is 5.71. The molecule has 0 spiro atoms. The first kappa shape index (κ1) is 9.71. The minimum Gasteiger partial charge on any atom is -0.379 e. The van der Waals surface area contributed by atoms with E-state index in [2.05, 4.69) is 5.10 Å². The number of aromatic nitrogens is 2. The van der Waals surface area contributed by atoms with Crippen molar-refractivity contribution in [3.8, 4) is 0 Å². The Morgan fingerprint density at radius 3 is 2.87 bits per heavy atom. The quantitative estimate of drug-likeness (QED) is 0.760. The van der Waals surface area contributed by atoms with Crippen molar-refractivity contribution >= 4 is 16.7 Å². The summed E-state index contributed by atoms with van der Waals surface area (Å²) >= 11 is 0. The molecule has 0 bridgehead atoms. The van der Waals surface area contributed by atoms with Crippen LogP contribution in [0.2, 0.25) is 0 Å². The number of aryl methyl sites for hydroxylation is 2. The summed E-state index contributed by atoms with van der Waals surface area (Å²) in [5, 5.41) is 4.72. The van der Waals surface area contributed by atoms with Crippen LogP contribution in [-0.2, 0) is 6.54 Å². The predicted octanol–water partition coefficient (Wildman–Crippen LogP) is 1.31. The van der Waals surface area contributed by atoms with Gasteiger partial charge in [-0.15, -0.1) is 0 Å². The van der Waals surface area contributed by atoms with Crippen LogP contribution in [0.5, 0.6) is 0 Å². The van der Waals surface area contributed by atoms with Crippen LogP contribution in [0.25, 0.3) is 10.9 Å². The molecule has 4 heteroatoms. The first-order chi connectivity index (χ1) is 7.15. The van der Waals surface area contributed by atoms with Gasteiger partial charge in [0.15, 0.2) is 5.82 Å². The lowest BCUT2D eigenvalue weighted by atomic mass is 10.1. The van der Waals surface area contributed by atoms with Gasteiger partial charge < -0.3 is 5.73 Å². The molecule has 0 aliphatic rings. The standard InChI is InChI=1S/C11H13N3O/c1-3-14-8-6-4-5-7(2)9(8)10(15)11(12)13-14/h4-6H,3H2,1-2H3,(H2,12,13). The smallest absolute Gasteiger partial charge is 0.231 e. The second kappa shape index (κ2) is 3.38. The molecule has 4 nitrogen and oxygen atoms in total. The molecule has 0 saturated carbocycles. The third-order valence-electron chi connectivity index (χ3n) is 2.52. The Balaban J connectivity index is 3.03. The number of fused-ring (bicyclic) bond motifs is 1. The van der Waals surface area contributed by atoms with Gasteiger partial charge in [0.25, 0.3) is 0 Å². The SMILES string of the molecule is CCn1nc(N)c(=O)c2c(C)cccc21. The van der Waals surface area contributed by atoms with Crippen molar-refractivity contribution in [1.82, 2.24) is 9.78 Å². The topological polar surface area (TPSA) is 60.9 Å². The molecule has 0 saturated heterocycles. The number of nitrogens with two attached hydrogens (primary N) is 1. The number of nitrogens with zero attached hydrogens (tertiary/aromatic N) is 2. The predicted molar refractivity (Wildman–Crippen MR) is 60.8 cm³/mol. The van der Waals surface area contributed by atoms with E-state index in [9.17, 15) is 4.79 Å². The van der Waals surface area contributed by atoms with Crippen LogP contribution >= 0.6 is 0 Å². The summed E-state index contributed by atoms with van der Waals surface area (Å²) in [4.78, 5) is 11.8. The fraction of sp³-hybridized carbons (Fsp3) is 0.273. The van der Waals surface area contributed by atoms with Crippen molar-refractivity contribution in [3.05, 3.63) is 34.0 Å². The van der Waals surface area contributed by atoms with Gasteiger partial charge in [0.2, 0.25) is 5.43 Å². The van der Waals surface area contributed by atoms with Crippen molar-refractivity contribution in [2.75, 3.05) is 5.73 Å².